The van der Waals surface area contributed by atoms with E-state index in [1.165, 1.54) is 5.56 Å². The molecule has 0 spiro atoms. The number of carbonyl (C=O) groups is 1. The molecule has 0 saturated carbocycles. The number of fused-ring (bicyclic) bond motifs is 1. The Kier molecular flexibility index (Phi) is 9.39. The smallest absolute Gasteiger partial charge is 0.262 e. The third-order valence-electron chi connectivity index (χ3n) is 5.99. The van der Waals surface area contributed by atoms with Crippen molar-refractivity contribution >= 4 is 29.0 Å². The minimum Gasteiger partial charge on any atom is -0.352 e. The summed E-state index contributed by atoms with van der Waals surface area (Å²) >= 11 is 5.35. The van der Waals surface area contributed by atoms with Gasteiger partial charge < -0.3 is 10.3 Å². The lowest BCUT2D eigenvalue weighted by molar-refractivity contribution is -0.121. The summed E-state index contributed by atoms with van der Waals surface area (Å²) < 4.78 is 2.06. The Balaban J connectivity index is 1.38. The number of amides is 1. The van der Waals surface area contributed by atoms with Crippen molar-refractivity contribution in [1.29, 1.82) is 0 Å². The molecule has 33 heavy (non-hydrogen) atoms. The molecule has 6 nitrogen and oxygen atoms in total. The summed E-state index contributed by atoms with van der Waals surface area (Å²) in [5.41, 5.74) is 3.10. The zero-order valence-electron chi connectivity index (χ0n) is 19.6. The summed E-state index contributed by atoms with van der Waals surface area (Å²) in [6.45, 7) is 8.49. The average Bonchev–Trinajstić information content (AvgIpc) is 2.83. The van der Waals surface area contributed by atoms with Crippen LogP contribution in [-0.2, 0) is 24.4 Å². The van der Waals surface area contributed by atoms with Crippen molar-refractivity contribution in [3.63, 3.8) is 0 Å². The Morgan fingerprint density at radius 1 is 1.00 bits per heavy atom. The van der Waals surface area contributed by atoms with Crippen LogP contribution in [0.3, 0.4) is 0 Å². The van der Waals surface area contributed by atoms with Gasteiger partial charge >= 0.3 is 0 Å². The van der Waals surface area contributed by atoms with Gasteiger partial charge in [-0.1, -0.05) is 56.7 Å². The van der Waals surface area contributed by atoms with Crippen molar-refractivity contribution in [2.75, 3.05) is 13.1 Å². The molecule has 0 aliphatic heterocycles. The molecule has 0 saturated heterocycles. The van der Waals surface area contributed by atoms with E-state index in [-0.39, 0.29) is 11.5 Å². The largest absolute Gasteiger partial charge is 0.352 e. The first kappa shape index (κ1) is 24.9. The Hall–Kier alpha value is -2.77. The van der Waals surface area contributed by atoms with Crippen LogP contribution in [0.2, 0.25) is 0 Å². The van der Waals surface area contributed by atoms with E-state index < -0.39 is 0 Å². The number of nitrogens with one attached hydrogen (secondary N) is 2. The third-order valence-corrected chi connectivity index (χ3v) is 6.31. The van der Waals surface area contributed by atoms with E-state index in [0.717, 1.165) is 50.0 Å². The molecule has 3 aromatic rings. The van der Waals surface area contributed by atoms with Gasteiger partial charge in [-0.25, -0.2) is 0 Å². The van der Waals surface area contributed by atoms with Crippen LogP contribution in [0, 0.1) is 4.77 Å². The molecular weight excluding hydrogens is 432 g/mol. The number of aromatic nitrogens is 2. The minimum atomic E-state index is -0.0600. The van der Waals surface area contributed by atoms with Gasteiger partial charge in [-0.15, -0.1) is 0 Å². The van der Waals surface area contributed by atoms with Crippen molar-refractivity contribution < 1.29 is 4.79 Å². The highest BCUT2D eigenvalue weighted by Gasteiger charge is 2.06. The summed E-state index contributed by atoms with van der Waals surface area (Å²) in [7, 11) is 0. The van der Waals surface area contributed by atoms with Crippen molar-refractivity contribution in [2.24, 2.45) is 0 Å². The molecule has 2 aromatic carbocycles. The summed E-state index contributed by atoms with van der Waals surface area (Å²) in [5.74, 6) is 0.0578. The standard InChI is InChI=1S/C26H34N4O2S/c1-3-29(4-2)19-21-15-13-20(14-16-21)18-27-24(31)12-6-5-9-17-30-25(32)22-10-7-8-11-23(22)28-26(30)33/h7-8,10-11,13-16H,3-6,9,12,17-19H2,1-2H3,(H,27,31)(H,28,33). The van der Waals surface area contributed by atoms with Gasteiger partial charge in [0.15, 0.2) is 4.77 Å². The van der Waals surface area contributed by atoms with Gasteiger partial charge in [-0.2, -0.15) is 0 Å². The molecule has 0 atom stereocenters. The van der Waals surface area contributed by atoms with Gasteiger partial charge in [0.25, 0.3) is 5.56 Å². The Bertz CT molecular complexity index is 1160. The maximum atomic E-state index is 12.7. The molecule has 0 unspecified atom stereocenters. The highest BCUT2D eigenvalue weighted by molar-refractivity contribution is 7.71. The Morgan fingerprint density at radius 3 is 2.42 bits per heavy atom. The number of hydrogen-bond donors (Lipinski definition) is 2. The van der Waals surface area contributed by atoms with Crippen LogP contribution in [0.5, 0.6) is 0 Å². The highest BCUT2D eigenvalue weighted by atomic mass is 32.1. The number of H-pyrrole nitrogens is 1. The molecule has 0 aliphatic carbocycles. The molecule has 0 bridgehead atoms. The quantitative estimate of drug-likeness (QED) is 0.298. The second-order valence-corrected chi connectivity index (χ2v) is 8.68. The van der Waals surface area contributed by atoms with Crippen LogP contribution in [0.25, 0.3) is 10.9 Å². The number of aromatic amines is 1. The second kappa shape index (κ2) is 12.5. The lowest BCUT2D eigenvalue weighted by Crippen LogP contribution is -2.23. The number of benzene rings is 2. The summed E-state index contributed by atoms with van der Waals surface area (Å²) in [5, 5.41) is 3.65. The topological polar surface area (TPSA) is 70.1 Å². The third kappa shape index (κ3) is 7.11. The summed E-state index contributed by atoms with van der Waals surface area (Å²) in [6, 6.07) is 15.8. The van der Waals surface area contributed by atoms with E-state index in [0.29, 0.717) is 29.7 Å². The lowest BCUT2D eigenvalue weighted by atomic mass is 10.1. The Labute approximate surface area is 200 Å². The fraction of sp³-hybridized carbons (Fsp3) is 0.423. The minimum absolute atomic E-state index is 0.0578. The molecule has 3 rings (SSSR count). The number of hydrogen-bond acceptors (Lipinski definition) is 4. The van der Waals surface area contributed by atoms with E-state index in [1.54, 1.807) is 4.57 Å². The van der Waals surface area contributed by atoms with Crippen LogP contribution in [0.4, 0.5) is 0 Å². The van der Waals surface area contributed by atoms with Crippen LogP contribution < -0.4 is 10.9 Å². The first-order valence-electron chi connectivity index (χ1n) is 11.8. The van der Waals surface area contributed by atoms with E-state index in [4.69, 9.17) is 12.2 Å². The number of unbranched alkanes of at least 4 members (excludes halogenated alkanes) is 2. The fourth-order valence-electron chi connectivity index (χ4n) is 3.89. The molecular formula is C26H34N4O2S. The molecule has 176 valence electrons. The van der Waals surface area contributed by atoms with Crippen LogP contribution in [0.1, 0.15) is 50.7 Å². The van der Waals surface area contributed by atoms with Crippen molar-refractivity contribution in [3.8, 4) is 0 Å². The van der Waals surface area contributed by atoms with Crippen molar-refractivity contribution in [3.05, 3.63) is 74.8 Å². The van der Waals surface area contributed by atoms with E-state index in [1.807, 2.05) is 24.3 Å². The van der Waals surface area contributed by atoms with Gasteiger partial charge in [0.05, 0.1) is 10.9 Å². The predicted molar refractivity (Wildman–Crippen MR) is 137 cm³/mol. The second-order valence-electron chi connectivity index (χ2n) is 8.30. The first-order valence-corrected chi connectivity index (χ1v) is 12.2. The molecule has 0 radical (unpaired) electrons. The number of carbonyl (C=O) groups excluding carboxylic acids is 1. The number of rotatable bonds is 12. The van der Waals surface area contributed by atoms with E-state index in [2.05, 4.69) is 53.3 Å². The fourth-order valence-corrected chi connectivity index (χ4v) is 4.18. The molecule has 2 N–H and O–H groups in total. The monoisotopic (exact) mass is 466 g/mol. The van der Waals surface area contributed by atoms with E-state index in [9.17, 15) is 9.59 Å². The first-order chi connectivity index (χ1) is 16.0. The van der Waals surface area contributed by atoms with E-state index >= 15 is 0 Å². The zero-order valence-corrected chi connectivity index (χ0v) is 20.4. The van der Waals surface area contributed by atoms with Gasteiger partial charge in [-0.05, 0) is 61.4 Å². The highest BCUT2D eigenvalue weighted by Crippen LogP contribution is 2.09. The van der Waals surface area contributed by atoms with Gasteiger partial charge in [0, 0.05) is 26.1 Å². The maximum absolute atomic E-state index is 12.7. The molecule has 1 aromatic heterocycles. The Morgan fingerprint density at radius 2 is 1.70 bits per heavy atom. The number of nitrogens with zero attached hydrogens (tertiary/aromatic N) is 2. The van der Waals surface area contributed by atoms with Gasteiger partial charge in [0.1, 0.15) is 0 Å². The van der Waals surface area contributed by atoms with Crippen molar-refractivity contribution in [1.82, 2.24) is 19.8 Å². The lowest BCUT2D eigenvalue weighted by Gasteiger charge is -2.18. The molecule has 1 heterocycles. The normalized spacial score (nSPS) is 11.2. The SMILES string of the molecule is CCN(CC)Cc1ccc(CNC(=O)CCCCCn2c(=S)[nH]c3ccccc3c2=O)cc1. The zero-order chi connectivity index (χ0) is 23.6. The number of para-hydroxylation sites is 1. The predicted octanol–water partition coefficient (Wildman–Crippen LogP) is 4.78. The molecule has 1 amide bonds. The molecule has 0 fully saturated rings. The summed E-state index contributed by atoms with van der Waals surface area (Å²) in [4.78, 5) is 30.4. The average molecular weight is 467 g/mol. The van der Waals surface area contributed by atoms with Crippen LogP contribution in [-0.4, -0.2) is 33.4 Å². The summed E-state index contributed by atoms with van der Waals surface area (Å²) in [6.07, 6.45) is 2.94. The molecule has 7 heteroatoms. The van der Waals surface area contributed by atoms with Crippen molar-refractivity contribution in [2.45, 2.75) is 59.2 Å². The van der Waals surface area contributed by atoms with Crippen LogP contribution >= 0.6 is 12.2 Å². The molecule has 0 aliphatic rings. The van der Waals surface area contributed by atoms with Gasteiger partial charge in [0.2, 0.25) is 5.91 Å². The maximum Gasteiger partial charge on any atom is 0.262 e. The van der Waals surface area contributed by atoms with Crippen LogP contribution in [0.15, 0.2) is 53.3 Å². The van der Waals surface area contributed by atoms with Gasteiger partial charge in [-0.3, -0.25) is 19.1 Å².